The summed E-state index contributed by atoms with van der Waals surface area (Å²) in [7, 11) is 0. The molecule has 2 nitrogen and oxygen atoms in total. The highest BCUT2D eigenvalue weighted by Gasteiger charge is 2.44. The summed E-state index contributed by atoms with van der Waals surface area (Å²) >= 11 is 1.27. The van der Waals surface area contributed by atoms with Gasteiger partial charge in [-0.2, -0.15) is 0 Å². The number of hydrogen-bond donors (Lipinski definition) is 1. The van der Waals surface area contributed by atoms with Gasteiger partial charge in [-0.15, -0.1) is 11.3 Å². The SMILES string of the molecule is OC1(c2ncc(CF)s2)CC1. The van der Waals surface area contributed by atoms with Gasteiger partial charge in [0.15, 0.2) is 0 Å². The molecule has 1 aromatic rings. The first-order valence-electron chi connectivity index (χ1n) is 3.48. The van der Waals surface area contributed by atoms with Crippen LogP contribution in [0.25, 0.3) is 0 Å². The molecular weight excluding hydrogens is 165 g/mol. The van der Waals surface area contributed by atoms with Crippen molar-refractivity contribution >= 4 is 11.3 Å². The summed E-state index contributed by atoms with van der Waals surface area (Å²) in [6.45, 7) is -0.478. The van der Waals surface area contributed by atoms with Crippen LogP contribution in [0.3, 0.4) is 0 Å². The van der Waals surface area contributed by atoms with Crippen LogP contribution in [0.2, 0.25) is 0 Å². The molecule has 0 aromatic carbocycles. The van der Waals surface area contributed by atoms with Crippen LogP contribution >= 0.6 is 11.3 Å². The minimum atomic E-state index is -0.696. The van der Waals surface area contributed by atoms with Crippen LogP contribution in [0.15, 0.2) is 6.20 Å². The molecule has 0 atom stereocenters. The zero-order chi connectivity index (χ0) is 7.90. The Balaban J connectivity index is 2.25. The third kappa shape index (κ3) is 1.16. The molecule has 4 heteroatoms. The Labute approximate surface area is 67.7 Å². The predicted molar refractivity (Wildman–Crippen MR) is 40.1 cm³/mol. The molecule has 1 heterocycles. The van der Waals surface area contributed by atoms with Gasteiger partial charge in [0.05, 0.1) is 4.88 Å². The number of aromatic nitrogens is 1. The van der Waals surface area contributed by atoms with Crippen LogP contribution in [0.4, 0.5) is 4.39 Å². The van der Waals surface area contributed by atoms with Crippen LogP contribution in [0.5, 0.6) is 0 Å². The largest absolute Gasteiger partial charge is 0.383 e. The van der Waals surface area contributed by atoms with Gasteiger partial charge < -0.3 is 5.11 Å². The average Bonchev–Trinajstić information content (AvgIpc) is 2.61. The molecule has 0 amide bonds. The fraction of sp³-hybridized carbons (Fsp3) is 0.571. The van der Waals surface area contributed by atoms with Crippen molar-refractivity contribution in [3.8, 4) is 0 Å². The third-order valence-electron chi connectivity index (χ3n) is 1.81. The highest BCUT2D eigenvalue weighted by atomic mass is 32.1. The number of thiazole rings is 1. The Morgan fingerprint density at radius 3 is 2.91 bits per heavy atom. The molecule has 0 radical (unpaired) electrons. The molecule has 0 spiro atoms. The minimum Gasteiger partial charge on any atom is -0.383 e. The summed E-state index contributed by atoms with van der Waals surface area (Å²) in [6.07, 6.45) is 3.04. The number of aliphatic hydroxyl groups is 1. The topological polar surface area (TPSA) is 33.1 Å². The lowest BCUT2D eigenvalue weighted by Gasteiger charge is -1.99. The van der Waals surface area contributed by atoms with Gasteiger partial charge in [-0.1, -0.05) is 0 Å². The molecule has 1 N–H and O–H groups in total. The number of rotatable bonds is 2. The second kappa shape index (κ2) is 2.25. The molecule has 60 valence electrons. The van der Waals surface area contributed by atoms with Crippen molar-refractivity contribution in [2.24, 2.45) is 0 Å². The maximum atomic E-state index is 12.0. The molecule has 1 aliphatic carbocycles. The number of nitrogens with zero attached hydrogens (tertiary/aromatic N) is 1. The van der Waals surface area contributed by atoms with Gasteiger partial charge in [0, 0.05) is 6.20 Å². The molecule has 0 bridgehead atoms. The second-order valence-corrected chi connectivity index (χ2v) is 3.91. The van der Waals surface area contributed by atoms with Gasteiger partial charge in [0.1, 0.15) is 17.3 Å². The van der Waals surface area contributed by atoms with E-state index in [9.17, 15) is 9.50 Å². The molecule has 2 rings (SSSR count). The van der Waals surface area contributed by atoms with E-state index in [0.29, 0.717) is 9.88 Å². The van der Waals surface area contributed by atoms with E-state index < -0.39 is 12.3 Å². The Kier molecular flexibility index (Phi) is 1.47. The fourth-order valence-corrected chi connectivity index (χ4v) is 1.82. The Morgan fingerprint density at radius 1 is 1.73 bits per heavy atom. The van der Waals surface area contributed by atoms with Crippen molar-refractivity contribution in [1.29, 1.82) is 0 Å². The zero-order valence-electron chi connectivity index (χ0n) is 5.88. The van der Waals surface area contributed by atoms with E-state index in [2.05, 4.69) is 4.98 Å². The smallest absolute Gasteiger partial charge is 0.125 e. The summed E-state index contributed by atoms with van der Waals surface area (Å²) < 4.78 is 12.0. The van der Waals surface area contributed by atoms with Crippen molar-refractivity contribution in [1.82, 2.24) is 4.98 Å². The third-order valence-corrected chi connectivity index (χ3v) is 2.96. The van der Waals surface area contributed by atoms with Crippen molar-refractivity contribution in [3.63, 3.8) is 0 Å². The highest BCUT2D eigenvalue weighted by Crippen LogP contribution is 2.46. The van der Waals surface area contributed by atoms with Crippen LogP contribution in [-0.2, 0) is 12.3 Å². The predicted octanol–water partition coefficient (Wildman–Crippen LogP) is 1.59. The standard InChI is InChI=1S/C7H8FNOS/c8-3-5-4-9-6(11-5)7(10)1-2-7/h4,10H,1-3H2. The number of hydrogen-bond acceptors (Lipinski definition) is 3. The van der Waals surface area contributed by atoms with Crippen molar-refractivity contribution in [2.75, 3.05) is 0 Å². The van der Waals surface area contributed by atoms with Gasteiger partial charge in [0.2, 0.25) is 0 Å². The summed E-state index contributed by atoms with van der Waals surface area (Å²) in [4.78, 5) is 4.55. The Morgan fingerprint density at radius 2 is 2.45 bits per heavy atom. The monoisotopic (exact) mass is 173 g/mol. The van der Waals surface area contributed by atoms with Crippen molar-refractivity contribution in [2.45, 2.75) is 25.1 Å². The van der Waals surface area contributed by atoms with Crippen molar-refractivity contribution in [3.05, 3.63) is 16.1 Å². The summed E-state index contributed by atoms with van der Waals surface area (Å²) in [5, 5.41) is 10.2. The molecular formula is C7H8FNOS. The van der Waals surface area contributed by atoms with E-state index in [1.165, 1.54) is 17.5 Å². The molecule has 1 aromatic heterocycles. The molecule has 0 saturated heterocycles. The Hall–Kier alpha value is -0.480. The fourth-order valence-electron chi connectivity index (χ4n) is 0.917. The summed E-state index contributed by atoms with van der Waals surface area (Å²) in [6, 6.07) is 0. The van der Waals surface area contributed by atoms with Gasteiger partial charge in [0.25, 0.3) is 0 Å². The van der Waals surface area contributed by atoms with E-state index in [1.54, 1.807) is 0 Å². The van der Waals surface area contributed by atoms with Gasteiger partial charge in [-0.25, -0.2) is 9.37 Å². The van der Waals surface area contributed by atoms with Crippen LogP contribution in [0, 0.1) is 0 Å². The van der Waals surface area contributed by atoms with E-state index in [-0.39, 0.29) is 0 Å². The van der Waals surface area contributed by atoms with Crippen LogP contribution in [-0.4, -0.2) is 10.1 Å². The van der Waals surface area contributed by atoms with Crippen molar-refractivity contribution < 1.29 is 9.50 Å². The number of halogens is 1. The quantitative estimate of drug-likeness (QED) is 0.736. The first kappa shape index (κ1) is 7.18. The van der Waals surface area contributed by atoms with E-state index >= 15 is 0 Å². The highest BCUT2D eigenvalue weighted by molar-refractivity contribution is 7.11. The van der Waals surface area contributed by atoms with Gasteiger partial charge in [-0.05, 0) is 12.8 Å². The maximum absolute atomic E-state index is 12.0. The van der Waals surface area contributed by atoms with Gasteiger partial charge >= 0.3 is 0 Å². The maximum Gasteiger partial charge on any atom is 0.125 e. The molecule has 1 aliphatic rings. The Bertz CT molecular complexity index is 269. The van der Waals surface area contributed by atoms with E-state index in [4.69, 9.17) is 0 Å². The summed E-state index contributed by atoms with van der Waals surface area (Å²) in [5.74, 6) is 0. The normalized spacial score (nSPS) is 20.2. The van der Waals surface area contributed by atoms with E-state index in [1.807, 2.05) is 0 Å². The summed E-state index contributed by atoms with van der Waals surface area (Å²) in [5.41, 5.74) is -0.696. The lowest BCUT2D eigenvalue weighted by atomic mass is 10.4. The molecule has 0 unspecified atom stereocenters. The lowest BCUT2D eigenvalue weighted by molar-refractivity contribution is 0.151. The van der Waals surface area contributed by atoms with Crippen LogP contribution < -0.4 is 0 Å². The second-order valence-electron chi connectivity index (χ2n) is 2.80. The molecule has 1 saturated carbocycles. The average molecular weight is 173 g/mol. The lowest BCUT2D eigenvalue weighted by Crippen LogP contribution is -2.02. The van der Waals surface area contributed by atoms with E-state index in [0.717, 1.165) is 12.8 Å². The molecule has 11 heavy (non-hydrogen) atoms. The first-order chi connectivity index (χ1) is 5.24. The van der Waals surface area contributed by atoms with Crippen LogP contribution in [0.1, 0.15) is 22.7 Å². The minimum absolute atomic E-state index is 0.478. The first-order valence-corrected chi connectivity index (χ1v) is 4.30. The molecule has 0 aliphatic heterocycles. The van der Waals surface area contributed by atoms with Gasteiger partial charge in [-0.3, -0.25) is 0 Å². The molecule has 1 fully saturated rings. The number of alkyl halides is 1. The zero-order valence-corrected chi connectivity index (χ0v) is 6.70.